The van der Waals surface area contributed by atoms with Crippen LogP contribution in [-0.4, -0.2) is 31.1 Å². The van der Waals surface area contributed by atoms with Gasteiger partial charge in [-0.05, 0) is 43.1 Å². The lowest BCUT2D eigenvalue weighted by atomic mass is 10.1. The standard InChI is InChI=1S/C18H29NO/c1-5-19(6-2)14-7-8-17-9-11-18(12-10-17)20-15-13-16(3)4/h7-12,16H,5-6,13-15H2,1-4H3. The summed E-state index contributed by atoms with van der Waals surface area (Å²) in [7, 11) is 0. The second-order valence-electron chi connectivity index (χ2n) is 5.49. The highest BCUT2D eigenvalue weighted by Crippen LogP contribution is 2.14. The predicted molar refractivity (Wildman–Crippen MR) is 88.2 cm³/mol. The number of ether oxygens (including phenoxy) is 1. The van der Waals surface area contributed by atoms with E-state index in [1.54, 1.807) is 0 Å². The van der Waals surface area contributed by atoms with E-state index in [1.807, 2.05) is 0 Å². The molecule has 0 radical (unpaired) electrons. The number of hydrogen-bond donors (Lipinski definition) is 0. The second kappa shape index (κ2) is 9.60. The average Bonchev–Trinajstić information content (AvgIpc) is 2.45. The van der Waals surface area contributed by atoms with Gasteiger partial charge in [0.15, 0.2) is 0 Å². The van der Waals surface area contributed by atoms with Gasteiger partial charge in [-0.25, -0.2) is 0 Å². The molecule has 0 atom stereocenters. The van der Waals surface area contributed by atoms with E-state index in [2.05, 4.69) is 69.0 Å². The minimum Gasteiger partial charge on any atom is -0.494 e. The Kier molecular flexibility index (Phi) is 8.05. The zero-order chi connectivity index (χ0) is 14.8. The fourth-order valence-electron chi connectivity index (χ4n) is 1.91. The molecule has 1 rings (SSSR count). The van der Waals surface area contributed by atoms with Crippen LogP contribution in [0.4, 0.5) is 0 Å². The van der Waals surface area contributed by atoms with E-state index in [0.29, 0.717) is 5.92 Å². The van der Waals surface area contributed by atoms with E-state index in [-0.39, 0.29) is 0 Å². The summed E-state index contributed by atoms with van der Waals surface area (Å²) in [4.78, 5) is 2.39. The Morgan fingerprint density at radius 2 is 1.75 bits per heavy atom. The van der Waals surface area contributed by atoms with Crippen molar-refractivity contribution in [1.82, 2.24) is 4.90 Å². The summed E-state index contributed by atoms with van der Waals surface area (Å²) >= 11 is 0. The van der Waals surface area contributed by atoms with Gasteiger partial charge in [-0.1, -0.05) is 52.0 Å². The monoisotopic (exact) mass is 275 g/mol. The Hall–Kier alpha value is -1.28. The zero-order valence-electron chi connectivity index (χ0n) is 13.4. The lowest BCUT2D eigenvalue weighted by Gasteiger charge is -2.14. The number of rotatable bonds is 9. The molecule has 0 bridgehead atoms. The molecule has 20 heavy (non-hydrogen) atoms. The molecule has 2 nitrogen and oxygen atoms in total. The van der Waals surface area contributed by atoms with Gasteiger partial charge < -0.3 is 9.64 Å². The molecule has 0 aromatic heterocycles. The summed E-state index contributed by atoms with van der Waals surface area (Å²) in [5, 5.41) is 0. The van der Waals surface area contributed by atoms with Crippen LogP contribution in [0, 0.1) is 5.92 Å². The van der Waals surface area contributed by atoms with Crippen LogP contribution in [-0.2, 0) is 0 Å². The second-order valence-corrected chi connectivity index (χ2v) is 5.49. The Morgan fingerprint density at radius 1 is 1.10 bits per heavy atom. The number of nitrogens with zero attached hydrogens (tertiary/aromatic N) is 1. The molecular weight excluding hydrogens is 246 g/mol. The molecule has 2 heteroatoms. The lowest BCUT2D eigenvalue weighted by Crippen LogP contribution is -2.22. The molecule has 0 fully saturated rings. The average molecular weight is 275 g/mol. The Labute approximate surface area is 124 Å². The van der Waals surface area contributed by atoms with Crippen LogP contribution in [0.2, 0.25) is 0 Å². The van der Waals surface area contributed by atoms with Crippen molar-refractivity contribution in [1.29, 1.82) is 0 Å². The summed E-state index contributed by atoms with van der Waals surface area (Å²) in [6, 6.07) is 8.34. The van der Waals surface area contributed by atoms with E-state index in [9.17, 15) is 0 Å². The minimum atomic E-state index is 0.692. The molecule has 1 aromatic rings. The largest absolute Gasteiger partial charge is 0.494 e. The topological polar surface area (TPSA) is 12.5 Å². The van der Waals surface area contributed by atoms with Crippen LogP contribution in [0.5, 0.6) is 5.75 Å². The molecule has 0 aliphatic rings. The molecule has 0 saturated heterocycles. The van der Waals surface area contributed by atoms with Crippen LogP contribution in [0.15, 0.2) is 30.3 Å². The number of benzene rings is 1. The fraction of sp³-hybridized carbons (Fsp3) is 0.556. The van der Waals surface area contributed by atoms with Gasteiger partial charge in [0.25, 0.3) is 0 Å². The van der Waals surface area contributed by atoms with Crippen LogP contribution < -0.4 is 4.74 Å². The van der Waals surface area contributed by atoms with Crippen LogP contribution in [0.1, 0.15) is 39.7 Å². The molecule has 112 valence electrons. The minimum absolute atomic E-state index is 0.692. The summed E-state index contributed by atoms with van der Waals surface area (Å²) in [5.74, 6) is 1.66. The summed E-state index contributed by atoms with van der Waals surface area (Å²) < 4.78 is 5.72. The van der Waals surface area contributed by atoms with E-state index in [0.717, 1.165) is 38.4 Å². The van der Waals surface area contributed by atoms with Gasteiger partial charge in [0.1, 0.15) is 5.75 Å². The summed E-state index contributed by atoms with van der Waals surface area (Å²) in [6.07, 6.45) is 5.50. The lowest BCUT2D eigenvalue weighted by molar-refractivity contribution is 0.289. The van der Waals surface area contributed by atoms with Crippen molar-refractivity contribution < 1.29 is 4.74 Å². The van der Waals surface area contributed by atoms with Crippen molar-refractivity contribution >= 4 is 6.08 Å². The maximum absolute atomic E-state index is 5.72. The van der Waals surface area contributed by atoms with Gasteiger partial charge in [-0.2, -0.15) is 0 Å². The Balaban J connectivity index is 2.40. The highest BCUT2D eigenvalue weighted by molar-refractivity contribution is 5.50. The number of likely N-dealkylation sites (N-methyl/N-ethyl adjacent to an activating group) is 1. The van der Waals surface area contributed by atoms with Gasteiger partial charge in [0, 0.05) is 6.54 Å². The highest BCUT2D eigenvalue weighted by Gasteiger charge is 1.97. The smallest absolute Gasteiger partial charge is 0.119 e. The van der Waals surface area contributed by atoms with Crippen LogP contribution >= 0.6 is 0 Å². The number of hydrogen-bond acceptors (Lipinski definition) is 2. The predicted octanol–water partition coefficient (Wildman–Crippen LogP) is 4.47. The highest BCUT2D eigenvalue weighted by atomic mass is 16.5. The molecule has 0 heterocycles. The first-order valence-electron chi connectivity index (χ1n) is 7.77. The normalized spacial score (nSPS) is 11.7. The van der Waals surface area contributed by atoms with Crippen molar-refractivity contribution in [3.8, 4) is 5.75 Å². The third-order valence-electron chi connectivity index (χ3n) is 3.41. The third kappa shape index (κ3) is 6.76. The van der Waals surface area contributed by atoms with Crippen molar-refractivity contribution in [3.05, 3.63) is 35.9 Å². The van der Waals surface area contributed by atoms with E-state index < -0.39 is 0 Å². The molecule has 0 aliphatic heterocycles. The summed E-state index contributed by atoms with van der Waals surface area (Å²) in [6.45, 7) is 12.8. The SMILES string of the molecule is CCN(CC)CC=Cc1ccc(OCCC(C)C)cc1. The maximum Gasteiger partial charge on any atom is 0.119 e. The van der Waals surface area contributed by atoms with E-state index in [1.165, 1.54) is 5.56 Å². The van der Waals surface area contributed by atoms with Gasteiger partial charge in [0.05, 0.1) is 6.61 Å². The Bertz CT molecular complexity index is 377. The van der Waals surface area contributed by atoms with Gasteiger partial charge >= 0.3 is 0 Å². The van der Waals surface area contributed by atoms with E-state index in [4.69, 9.17) is 4.74 Å². The van der Waals surface area contributed by atoms with Gasteiger partial charge in [0.2, 0.25) is 0 Å². The summed E-state index contributed by atoms with van der Waals surface area (Å²) in [5.41, 5.74) is 1.23. The molecule has 1 aromatic carbocycles. The molecular formula is C18H29NO. The maximum atomic E-state index is 5.72. The molecule has 0 amide bonds. The molecule has 0 spiro atoms. The van der Waals surface area contributed by atoms with Crippen molar-refractivity contribution in [2.24, 2.45) is 5.92 Å². The first-order chi connectivity index (χ1) is 9.65. The molecule has 0 unspecified atom stereocenters. The fourth-order valence-corrected chi connectivity index (χ4v) is 1.91. The van der Waals surface area contributed by atoms with E-state index >= 15 is 0 Å². The van der Waals surface area contributed by atoms with Gasteiger partial charge in [-0.3, -0.25) is 0 Å². The molecule has 0 aliphatic carbocycles. The molecule has 0 saturated carbocycles. The quantitative estimate of drug-likeness (QED) is 0.659. The van der Waals surface area contributed by atoms with Crippen molar-refractivity contribution in [3.63, 3.8) is 0 Å². The van der Waals surface area contributed by atoms with Crippen molar-refractivity contribution in [2.75, 3.05) is 26.2 Å². The van der Waals surface area contributed by atoms with Crippen LogP contribution in [0.25, 0.3) is 6.08 Å². The first-order valence-corrected chi connectivity index (χ1v) is 7.77. The first kappa shape index (κ1) is 16.8. The van der Waals surface area contributed by atoms with Crippen molar-refractivity contribution in [2.45, 2.75) is 34.1 Å². The molecule has 0 N–H and O–H groups in total. The zero-order valence-corrected chi connectivity index (χ0v) is 13.4. The van der Waals surface area contributed by atoms with Crippen LogP contribution in [0.3, 0.4) is 0 Å². The van der Waals surface area contributed by atoms with Gasteiger partial charge in [-0.15, -0.1) is 0 Å². The Morgan fingerprint density at radius 3 is 2.30 bits per heavy atom. The third-order valence-corrected chi connectivity index (χ3v) is 3.41.